The summed E-state index contributed by atoms with van der Waals surface area (Å²) in [6.45, 7) is 4.74. The van der Waals surface area contributed by atoms with Gasteiger partial charge in [0.2, 0.25) is 5.95 Å². The summed E-state index contributed by atoms with van der Waals surface area (Å²) >= 11 is 0. The van der Waals surface area contributed by atoms with Gasteiger partial charge < -0.3 is 15.7 Å². The Bertz CT molecular complexity index is 1050. The maximum absolute atomic E-state index is 13.0. The van der Waals surface area contributed by atoms with Gasteiger partial charge in [-0.3, -0.25) is 9.78 Å². The first-order chi connectivity index (χ1) is 13.9. The summed E-state index contributed by atoms with van der Waals surface area (Å²) < 4.78 is 0. The Kier molecular flexibility index (Phi) is 5.15. The molecule has 0 bridgehead atoms. The number of aromatic nitrogens is 3. The summed E-state index contributed by atoms with van der Waals surface area (Å²) in [7, 11) is 0. The van der Waals surface area contributed by atoms with E-state index in [0.29, 0.717) is 13.0 Å². The first kappa shape index (κ1) is 19.3. The van der Waals surface area contributed by atoms with Crippen LogP contribution in [-0.4, -0.2) is 50.1 Å². The number of nitrogens with two attached hydrogens (primary N) is 1. The van der Waals surface area contributed by atoms with E-state index in [9.17, 15) is 9.90 Å². The molecule has 1 aliphatic heterocycles. The van der Waals surface area contributed by atoms with Crippen molar-refractivity contribution in [2.45, 2.75) is 32.3 Å². The Morgan fingerprint density at radius 3 is 2.83 bits per heavy atom. The van der Waals surface area contributed by atoms with Gasteiger partial charge in [-0.1, -0.05) is 32.0 Å². The fourth-order valence-electron chi connectivity index (χ4n) is 3.89. The van der Waals surface area contributed by atoms with Gasteiger partial charge >= 0.3 is 0 Å². The second-order valence-electron chi connectivity index (χ2n) is 7.92. The Morgan fingerprint density at radius 1 is 1.24 bits per heavy atom. The lowest BCUT2D eigenvalue weighted by atomic mass is 9.94. The summed E-state index contributed by atoms with van der Waals surface area (Å²) in [5, 5.41) is 11.7. The lowest BCUT2D eigenvalue weighted by Crippen LogP contribution is -2.30. The van der Waals surface area contributed by atoms with Gasteiger partial charge in [0.05, 0.1) is 11.6 Å². The number of pyridine rings is 1. The van der Waals surface area contributed by atoms with Crippen LogP contribution in [0.1, 0.15) is 41.5 Å². The molecule has 0 spiro atoms. The van der Waals surface area contributed by atoms with Crippen molar-refractivity contribution in [1.82, 2.24) is 19.9 Å². The smallest absolute Gasteiger partial charge is 0.272 e. The first-order valence-corrected chi connectivity index (χ1v) is 9.87. The van der Waals surface area contributed by atoms with E-state index in [0.717, 1.165) is 22.2 Å². The average molecular weight is 391 g/mol. The summed E-state index contributed by atoms with van der Waals surface area (Å²) in [5.41, 5.74) is 8.87. The van der Waals surface area contributed by atoms with Crippen LogP contribution in [0.4, 0.5) is 5.95 Å². The van der Waals surface area contributed by atoms with Crippen molar-refractivity contribution in [3.8, 4) is 0 Å². The molecule has 0 saturated carbocycles. The predicted octanol–water partition coefficient (Wildman–Crippen LogP) is 2.41. The number of amides is 1. The zero-order chi connectivity index (χ0) is 20.5. The topological polar surface area (TPSA) is 105 Å². The fraction of sp³-hybridized carbons (Fsp3) is 0.364. The van der Waals surface area contributed by atoms with Crippen LogP contribution in [0.15, 0.2) is 42.6 Å². The van der Waals surface area contributed by atoms with Gasteiger partial charge in [0.25, 0.3) is 5.91 Å². The Balaban J connectivity index is 1.53. The van der Waals surface area contributed by atoms with E-state index in [1.807, 2.05) is 44.2 Å². The zero-order valence-corrected chi connectivity index (χ0v) is 16.6. The van der Waals surface area contributed by atoms with Crippen LogP contribution >= 0.6 is 0 Å². The van der Waals surface area contributed by atoms with Crippen molar-refractivity contribution in [1.29, 1.82) is 0 Å². The Labute approximate surface area is 169 Å². The monoisotopic (exact) mass is 391 g/mol. The number of carbonyl (C=O) groups excluding carboxylic acids is 1. The summed E-state index contributed by atoms with van der Waals surface area (Å²) in [4.78, 5) is 27.4. The van der Waals surface area contributed by atoms with Gasteiger partial charge in [0.15, 0.2) is 0 Å². The number of aliphatic hydroxyl groups is 1. The highest BCUT2D eigenvalue weighted by Gasteiger charge is 2.35. The molecule has 150 valence electrons. The van der Waals surface area contributed by atoms with Gasteiger partial charge in [-0.05, 0) is 36.1 Å². The maximum atomic E-state index is 13.0. The molecule has 2 atom stereocenters. The van der Waals surface area contributed by atoms with E-state index in [1.54, 1.807) is 17.2 Å². The minimum atomic E-state index is -0.588. The number of likely N-dealkylation sites (tertiary alicyclic amines) is 1. The van der Waals surface area contributed by atoms with Crippen LogP contribution in [-0.2, 0) is 6.42 Å². The molecule has 1 aliphatic rings. The highest BCUT2D eigenvalue weighted by atomic mass is 16.3. The quantitative estimate of drug-likeness (QED) is 0.708. The van der Waals surface area contributed by atoms with Crippen molar-refractivity contribution in [2.75, 3.05) is 18.8 Å². The first-order valence-electron chi connectivity index (χ1n) is 9.87. The molecular weight excluding hydrogens is 366 g/mol. The number of rotatable bonds is 4. The largest absolute Gasteiger partial charge is 0.391 e. The van der Waals surface area contributed by atoms with Gasteiger partial charge in [0.1, 0.15) is 5.69 Å². The van der Waals surface area contributed by atoms with Crippen molar-refractivity contribution in [3.05, 3.63) is 59.5 Å². The van der Waals surface area contributed by atoms with Crippen LogP contribution in [0.3, 0.4) is 0 Å². The number of β-amino-alcohol motifs (C(OH)–C–C–N with tert-alkyl or cyclic N) is 1. The van der Waals surface area contributed by atoms with Crippen molar-refractivity contribution >= 4 is 22.8 Å². The van der Waals surface area contributed by atoms with E-state index in [2.05, 4.69) is 15.0 Å². The number of para-hydroxylation sites is 1. The molecule has 1 amide bonds. The van der Waals surface area contributed by atoms with E-state index in [1.165, 1.54) is 0 Å². The van der Waals surface area contributed by atoms with E-state index in [-0.39, 0.29) is 35.9 Å². The van der Waals surface area contributed by atoms with Gasteiger partial charge in [0, 0.05) is 36.3 Å². The van der Waals surface area contributed by atoms with Gasteiger partial charge in [-0.2, -0.15) is 0 Å². The van der Waals surface area contributed by atoms with Gasteiger partial charge in [-0.15, -0.1) is 0 Å². The summed E-state index contributed by atoms with van der Waals surface area (Å²) in [5.74, 6) is -0.0292. The van der Waals surface area contributed by atoms with E-state index in [4.69, 9.17) is 5.73 Å². The number of hydrogen-bond acceptors (Lipinski definition) is 6. The lowest BCUT2D eigenvalue weighted by Gasteiger charge is -2.17. The maximum Gasteiger partial charge on any atom is 0.272 e. The van der Waals surface area contributed by atoms with Crippen molar-refractivity contribution in [2.24, 2.45) is 5.92 Å². The van der Waals surface area contributed by atoms with E-state index >= 15 is 0 Å². The molecule has 29 heavy (non-hydrogen) atoms. The molecular formula is C22H25N5O2. The number of nitrogens with zero attached hydrogens (tertiary/aromatic N) is 4. The molecule has 1 saturated heterocycles. The lowest BCUT2D eigenvalue weighted by molar-refractivity contribution is 0.0758. The molecule has 3 aromatic rings. The second-order valence-corrected chi connectivity index (χ2v) is 7.92. The molecule has 0 unspecified atom stereocenters. The van der Waals surface area contributed by atoms with Crippen LogP contribution in [0, 0.1) is 5.92 Å². The number of anilines is 1. The second kappa shape index (κ2) is 7.75. The molecule has 1 fully saturated rings. The third-order valence-electron chi connectivity index (χ3n) is 5.49. The van der Waals surface area contributed by atoms with Gasteiger partial charge in [-0.25, -0.2) is 9.97 Å². The Hall–Kier alpha value is -3.06. The molecule has 4 rings (SSSR count). The molecule has 1 aromatic carbocycles. The van der Waals surface area contributed by atoms with Crippen LogP contribution in [0.2, 0.25) is 0 Å². The summed E-state index contributed by atoms with van der Waals surface area (Å²) in [6, 6.07) is 11.6. The minimum absolute atomic E-state index is 0.0477. The average Bonchev–Trinajstić information content (AvgIpc) is 3.07. The highest BCUT2D eigenvalue weighted by Crippen LogP contribution is 2.26. The molecule has 3 N–H and O–H groups in total. The molecule has 7 heteroatoms. The molecule has 0 aliphatic carbocycles. The number of benzene rings is 1. The molecule has 2 aromatic heterocycles. The summed E-state index contributed by atoms with van der Waals surface area (Å²) in [6.07, 6.45) is 1.88. The normalized spacial score (nSPS) is 19.2. The number of fused-ring (bicyclic) bond motifs is 1. The number of carbonyl (C=O) groups is 1. The minimum Gasteiger partial charge on any atom is -0.391 e. The fourth-order valence-corrected chi connectivity index (χ4v) is 3.89. The number of hydrogen-bond donors (Lipinski definition) is 2. The zero-order valence-electron chi connectivity index (χ0n) is 16.6. The van der Waals surface area contributed by atoms with Crippen molar-refractivity contribution < 1.29 is 9.90 Å². The highest BCUT2D eigenvalue weighted by molar-refractivity contribution is 5.93. The third-order valence-corrected chi connectivity index (χ3v) is 5.49. The molecule has 0 radical (unpaired) electrons. The predicted molar refractivity (Wildman–Crippen MR) is 111 cm³/mol. The van der Waals surface area contributed by atoms with E-state index < -0.39 is 6.10 Å². The third kappa shape index (κ3) is 3.91. The number of nitrogen functional groups attached to an aromatic ring is 1. The van der Waals surface area contributed by atoms with Crippen LogP contribution in [0.25, 0.3) is 10.9 Å². The van der Waals surface area contributed by atoms with Crippen LogP contribution < -0.4 is 5.73 Å². The number of aliphatic hydroxyl groups excluding tert-OH is 1. The standard InChI is InChI=1S/C22H25N5O2/c1-13(2)18-10-19(26-22(23)25-18)21(29)27-11-15(20(28)12-27)9-14-7-8-24-17-6-4-3-5-16(14)17/h3-8,10,13,15,20,28H,9,11-12H2,1-2H3,(H2,23,25,26)/t15-,20+/m1/s1. The SMILES string of the molecule is CC(C)c1cc(C(=O)N2C[C@@H](Cc3ccnc4ccccc34)[C@@H](O)C2)nc(N)n1. The Morgan fingerprint density at radius 2 is 2.03 bits per heavy atom. The van der Waals surface area contributed by atoms with Crippen LogP contribution in [0.5, 0.6) is 0 Å². The molecule has 3 heterocycles. The molecule has 7 nitrogen and oxygen atoms in total. The van der Waals surface area contributed by atoms with Crippen molar-refractivity contribution in [3.63, 3.8) is 0 Å².